The van der Waals surface area contributed by atoms with Crippen LogP contribution in [0.4, 0.5) is 15.8 Å². The Morgan fingerprint density at radius 2 is 0.847 bits per heavy atom. The van der Waals surface area contributed by atoms with Crippen LogP contribution in [0.15, 0.2) is 174 Å². The number of halogens is 1. The van der Waals surface area contributed by atoms with E-state index in [1.807, 2.05) is 48.5 Å². The molecule has 10 nitrogen and oxygen atoms in total. The summed E-state index contributed by atoms with van der Waals surface area (Å²) in [5, 5.41) is 19.7. The molecule has 0 amide bonds. The van der Waals surface area contributed by atoms with Crippen LogP contribution in [0, 0.1) is 5.82 Å². The van der Waals surface area contributed by atoms with Gasteiger partial charge in [-0.15, -0.1) is 0 Å². The molecule has 0 aliphatic carbocycles. The van der Waals surface area contributed by atoms with Crippen molar-refractivity contribution >= 4 is 54.1 Å². The first-order chi connectivity index (χ1) is 28.3. The van der Waals surface area contributed by atoms with Crippen molar-refractivity contribution < 1.29 is 41.0 Å². The van der Waals surface area contributed by atoms with Crippen molar-refractivity contribution in [3.63, 3.8) is 0 Å². The van der Waals surface area contributed by atoms with Crippen LogP contribution in [0.3, 0.4) is 0 Å². The highest BCUT2D eigenvalue weighted by Crippen LogP contribution is 2.23. The number of benzene rings is 7. The van der Waals surface area contributed by atoms with E-state index in [9.17, 15) is 30.8 Å². The highest BCUT2D eigenvalue weighted by atomic mass is 32.2. The zero-order chi connectivity index (χ0) is 42.0. The molecule has 0 saturated heterocycles. The number of anilines is 2. The Labute approximate surface area is 341 Å². The number of rotatable bonds is 14. The van der Waals surface area contributed by atoms with Crippen LogP contribution >= 0.6 is 0 Å². The third-order valence-electron chi connectivity index (χ3n) is 9.38. The topological polar surface area (TPSA) is 167 Å². The molecule has 0 aliphatic heterocycles. The second-order valence-electron chi connectivity index (χ2n) is 13.5. The smallest absolute Gasteiger partial charge is 0.335 e. The summed E-state index contributed by atoms with van der Waals surface area (Å²) in [6.45, 7) is 0. The van der Waals surface area contributed by atoms with Crippen molar-refractivity contribution in [1.29, 1.82) is 0 Å². The zero-order valence-electron chi connectivity index (χ0n) is 31.5. The van der Waals surface area contributed by atoms with Gasteiger partial charge in [0.2, 0.25) is 0 Å². The summed E-state index contributed by atoms with van der Waals surface area (Å²) in [5.41, 5.74) is 5.48. The summed E-state index contributed by atoms with van der Waals surface area (Å²) >= 11 is 0. The molecule has 7 rings (SSSR count). The largest absolute Gasteiger partial charge is 0.478 e. The van der Waals surface area contributed by atoms with Crippen LogP contribution in [0.25, 0.3) is 10.8 Å². The lowest BCUT2D eigenvalue weighted by molar-refractivity contribution is 0.0686. The fourth-order valence-corrected chi connectivity index (χ4v) is 8.34. The first kappa shape index (κ1) is 41.8. The third-order valence-corrected chi connectivity index (χ3v) is 12.2. The van der Waals surface area contributed by atoms with Crippen molar-refractivity contribution in [2.24, 2.45) is 0 Å². The maximum atomic E-state index is 13.7. The third kappa shape index (κ3) is 11.4. The summed E-state index contributed by atoms with van der Waals surface area (Å²) in [4.78, 5) is 21.6. The van der Waals surface area contributed by atoms with E-state index in [0.717, 1.165) is 58.4 Å². The Bertz CT molecular complexity index is 2800. The van der Waals surface area contributed by atoms with Crippen molar-refractivity contribution in [3.8, 4) is 0 Å². The Kier molecular flexibility index (Phi) is 13.2. The summed E-state index contributed by atoms with van der Waals surface area (Å²) in [7, 11) is -7.68. The Morgan fingerprint density at radius 3 is 1.29 bits per heavy atom. The van der Waals surface area contributed by atoms with E-state index in [-0.39, 0.29) is 16.0 Å². The van der Waals surface area contributed by atoms with Gasteiger partial charge in [-0.05, 0) is 132 Å². The number of fused-ring (bicyclic) bond motifs is 1. The molecule has 7 aromatic rings. The van der Waals surface area contributed by atoms with Crippen molar-refractivity contribution in [3.05, 3.63) is 203 Å². The van der Waals surface area contributed by atoms with Gasteiger partial charge >= 0.3 is 11.9 Å². The van der Waals surface area contributed by atoms with Gasteiger partial charge in [0.1, 0.15) is 10.7 Å². The Balaban J connectivity index is 0.000000199. The summed E-state index contributed by atoms with van der Waals surface area (Å²) in [5.74, 6) is -2.70. The molecular formula is C46H39FN2O8S2. The Morgan fingerprint density at radius 1 is 0.458 bits per heavy atom. The molecule has 4 N–H and O–H groups in total. The van der Waals surface area contributed by atoms with Crippen LogP contribution in [-0.4, -0.2) is 39.0 Å². The second-order valence-corrected chi connectivity index (χ2v) is 16.9. The van der Waals surface area contributed by atoms with Gasteiger partial charge in [-0.2, -0.15) is 0 Å². The van der Waals surface area contributed by atoms with E-state index in [2.05, 4.69) is 9.44 Å². The molecule has 0 aliphatic rings. The molecule has 0 bridgehead atoms. The number of sulfonamides is 2. The van der Waals surface area contributed by atoms with E-state index in [1.165, 1.54) is 18.2 Å². The molecule has 300 valence electrons. The molecule has 0 aromatic heterocycles. The van der Waals surface area contributed by atoms with Crippen molar-refractivity contribution in [1.82, 2.24) is 0 Å². The first-order valence-corrected chi connectivity index (χ1v) is 21.3. The normalized spacial score (nSPS) is 11.3. The summed E-state index contributed by atoms with van der Waals surface area (Å²) in [6, 6.07) is 45.6. The van der Waals surface area contributed by atoms with E-state index < -0.39 is 42.7 Å². The number of carboxylic acids is 2. The van der Waals surface area contributed by atoms with Crippen molar-refractivity contribution in [2.45, 2.75) is 35.5 Å². The number of hydrogen-bond acceptors (Lipinski definition) is 6. The minimum Gasteiger partial charge on any atom is -0.478 e. The summed E-state index contributed by atoms with van der Waals surface area (Å²) in [6.07, 6.45) is 2.97. The Hall–Kier alpha value is -6.83. The molecular weight excluding hydrogens is 792 g/mol. The maximum absolute atomic E-state index is 13.7. The molecule has 59 heavy (non-hydrogen) atoms. The molecule has 0 heterocycles. The number of carboxylic acid groups (broad SMARTS) is 2. The molecule has 0 spiro atoms. The SMILES string of the molecule is O=C(O)c1ccc(CCc2ccc(NS(=O)(=O)c3ccc4ccccc4c3)cc2)cc1.O=C(O)c1ccc(CCc2ccc(NS(=O)(=O)c3ccccc3F)cc2)cc1. The molecule has 0 fully saturated rings. The van der Waals surface area contributed by atoms with Gasteiger partial charge in [0.15, 0.2) is 0 Å². The number of nitrogens with one attached hydrogen (secondary N) is 2. The van der Waals surface area contributed by atoms with Gasteiger partial charge in [-0.25, -0.2) is 30.8 Å². The fourth-order valence-electron chi connectivity index (χ4n) is 6.11. The van der Waals surface area contributed by atoms with Gasteiger partial charge < -0.3 is 10.2 Å². The van der Waals surface area contributed by atoms with Gasteiger partial charge in [-0.3, -0.25) is 9.44 Å². The molecule has 0 unspecified atom stereocenters. The molecule has 0 radical (unpaired) electrons. The molecule has 13 heteroatoms. The number of carbonyl (C=O) groups is 2. The van der Waals surface area contributed by atoms with Crippen LogP contribution in [0.1, 0.15) is 43.0 Å². The number of aryl methyl sites for hydroxylation is 4. The molecule has 0 atom stereocenters. The lowest BCUT2D eigenvalue weighted by Gasteiger charge is -2.10. The first-order valence-electron chi connectivity index (χ1n) is 18.4. The average molecular weight is 831 g/mol. The predicted molar refractivity (Wildman–Crippen MR) is 226 cm³/mol. The maximum Gasteiger partial charge on any atom is 0.335 e. The number of aromatic carboxylic acids is 2. The highest BCUT2D eigenvalue weighted by Gasteiger charge is 2.19. The van der Waals surface area contributed by atoms with Crippen molar-refractivity contribution in [2.75, 3.05) is 9.44 Å². The van der Waals surface area contributed by atoms with E-state index in [0.29, 0.717) is 17.8 Å². The van der Waals surface area contributed by atoms with Crippen LogP contribution in [0.2, 0.25) is 0 Å². The zero-order valence-corrected chi connectivity index (χ0v) is 33.1. The average Bonchev–Trinajstić information content (AvgIpc) is 3.23. The van der Waals surface area contributed by atoms with Gasteiger partial charge in [0.25, 0.3) is 20.0 Å². The monoisotopic (exact) mass is 830 g/mol. The quantitative estimate of drug-likeness (QED) is 0.0842. The lowest BCUT2D eigenvalue weighted by Crippen LogP contribution is -2.14. The van der Waals surface area contributed by atoms with Gasteiger partial charge in [0.05, 0.1) is 16.0 Å². The summed E-state index contributed by atoms with van der Waals surface area (Å²) < 4.78 is 68.9. The minimum atomic E-state index is -4.00. The minimum absolute atomic E-state index is 0.222. The van der Waals surface area contributed by atoms with Gasteiger partial charge in [0, 0.05) is 11.4 Å². The van der Waals surface area contributed by atoms with Gasteiger partial charge in [-0.1, -0.05) is 91.0 Å². The molecule has 7 aromatic carbocycles. The van der Waals surface area contributed by atoms with E-state index in [1.54, 1.807) is 91.0 Å². The second kappa shape index (κ2) is 18.6. The standard InChI is InChI=1S/C25H21NO4S.C21H18FNO4S/c27-25(28)21-11-7-18(8-12-21)5-6-19-9-14-23(15-10-19)26-31(29,30)24-16-13-20-3-1-2-4-22(20)17-24;22-19-3-1-2-4-20(19)28(26,27)23-18-13-9-16(10-14-18)6-5-15-7-11-17(12-8-15)21(24)25/h1-4,7-17,26H,5-6H2,(H,27,28);1-4,7-14,23H,5-6H2,(H,24,25). The predicted octanol–water partition coefficient (Wildman–Crippen LogP) is 9.23. The number of hydrogen-bond donors (Lipinski definition) is 4. The van der Waals surface area contributed by atoms with E-state index in [4.69, 9.17) is 10.2 Å². The van der Waals surface area contributed by atoms with Crippen LogP contribution in [0.5, 0.6) is 0 Å². The lowest BCUT2D eigenvalue weighted by atomic mass is 10.0. The highest BCUT2D eigenvalue weighted by molar-refractivity contribution is 7.93. The fraction of sp³-hybridized carbons (Fsp3) is 0.0870. The van der Waals surface area contributed by atoms with Crippen LogP contribution in [-0.2, 0) is 45.7 Å². The molecule has 0 saturated carbocycles. The van der Waals surface area contributed by atoms with E-state index >= 15 is 0 Å². The van der Waals surface area contributed by atoms with Crippen LogP contribution < -0.4 is 9.44 Å².